The Kier molecular flexibility index (Phi) is 6.09. The third-order valence-electron chi connectivity index (χ3n) is 4.73. The van der Waals surface area contributed by atoms with Gasteiger partial charge < -0.3 is 14.1 Å². The van der Waals surface area contributed by atoms with Gasteiger partial charge in [-0.15, -0.1) is 0 Å². The van der Waals surface area contributed by atoms with E-state index in [1.807, 2.05) is 44.2 Å². The molecule has 146 valence electrons. The molecule has 2 heterocycles. The number of nitrogens with zero attached hydrogens (tertiary/aromatic N) is 3. The van der Waals surface area contributed by atoms with E-state index in [1.165, 1.54) is 0 Å². The van der Waals surface area contributed by atoms with E-state index >= 15 is 0 Å². The van der Waals surface area contributed by atoms with Crippen LogP contribution >= 0.6 is 0 Å². The molecule has 0 bridgehead atoms. The Labute approximate surface area is 165 Å². The molecule has 2 aromatic heterocycles. The molecule has 3 aromatic rings. The van der Waals surface area contributed by atoms with Crippen molar-refractivity contribution in [2.24, 2.45) is 0 Å². The first-order valence-electron chi connectivity index (χ1n) is 9.22. The summed E-state index contributed by atoms with van der Waals surface area (Å²) in [6.45, 7) is 4.35. The zero-order valence-corrected chi connectivity index (χ0v) is 16.7. The molecule has 28 heavy (non-hydrogen) atoms. The van der Waals surface area contributed by atoms with Gasteiger partial charge in [0.05, 0.1) is 25.5 Å². The van der Waals surface area contributed by atoms with E-state index in [-0.39, 0.29) is 5.91 Å². The van der Waals surface area contributed by atoms with Gasteiger partial charge >= 0.3 is 0 Å². The Morgan fingerprint density at radius 2 is 1.89 bits per heavy atom. The normalized spacial score (nSPS) is 10.7. The van der Waals surface area contributed by atoms with Crippen LogP contribution in [0.25, 0.3) is 11.3 Å². The summed E-state index contributed by atoms with van der Waals surface area (Å²) < 4.78 is 11.2. The van der Waals surface area contributed by atoms with Crippen molar-refractivity contribution in [3.8, 4) is 17.1 Å². The molecule has 0 fully saturated rings. The number of hydrogen-bond acceptors (Lipinski definition) is 5. The fourth-order valence-corrected chi connectivity index (χ4v) is 3.11. The smallest absolute Gasteiger partial charge is 0.223 e. The van der Waals surface area contributed by atoms with E-state index in [0.717, 1.165) is 28.1 Å². The van der Waals surface area contributed by atoms with Crippen molar-refractivity contribution < 1.29 is 13.9 Å². The molecule has 6 nitrogen and oxygen atoms in total. The molecule has 0 aliphatic heterocycles. The second kappa shape index (κ2) is 8.69. The van der Waals surface area contributed by atoms with Gasteiger partial charge in [-0.1, -0.05) is 30.3 Å². The highest BCUT2D eigenvalue weighted by Crippen LogP contribution is 2.25. The first kappa shape index (κ1) is 19.6. The second-order valence-electron chi connectivity index (χ2n) is 6.78. The topological polar surface area (TPSA) is 68.5 Å². The molecule has 0 unspecified atom stereocenters. The van der Waals surface area contributed by atoms with Crippen molar-refractivity contribution in [2.75, 3.05) is 14.2 Å². The van der Waals surface area contributed by atoms with Gasteiger partial charge in [0.2, 0.25) is 5.91 Å². The maximum atomic E-state index is 12.5. The number of carbonyl (C=O) groups excluding carboxylic acids is 1. The minimum Gasteiger partial charge on any atom is -0.496 e. The minimum absolute atomic E-state index is 0.0141. The molecule has 0 spiro atoms. The summed E-state index contributed by atoms with van der Waals surface area (Å²) in [5.41, 5.74) is 3.75. The zero-order chi connectivity index (χ0) is 20.1. The molecule has 0 aliphatic carbocycles. The highest BCUT2D eigenvalue weighted by Gasteiger charge is 2.16. The van der Waals surface area contributed by atoms with Gasteiger partial charge in [0.25, 0.3) is 0 Å². The fourth-order valence-electron chi connectivity index (χ4n) is 3.11. The summed E-state index contributed by atoms with van der Waals surface area (Å²) in [4.78, 5) is 22.9. The predicted molar refractivity (Wildman–Crippen MR) is 107 cm³/mol. The zero-order valence-electron chi connectivity index (χ0n) is 16.7. The Morgan fingerprint density at radius 1 is 1.14 bits per heavy atom. The van der Waals surface area contributed by atoms with Crippen LogP contribution in [0.5, 0.6) is 5.75 Å². The molecule has 0 aliphatic rings. The molecule has 0 saturated heterocycles. The molecule has 0 N–H and O–H groups in total. The van der Waals surface area contributed by atoms with Gasteiger partial charge in [-0.05, 0) is 13.8 Å². The molecule has 0 atom stereocenters. The molecule has 0 saturated carbocycles. The molecular formula is C22H25N3O3. The number of pyridine rings is 1. The van der Waals surface area contributed by atoms with Crippen LogP contribution in [0.15, 0.2) is 47.1 Å². The summed E-state index contributed by atoms with van der Waals surface area (Å²) in [6.07, 6.45) is 4.26. The third-order valence-corrected chi connectivity index (χ3v) is 4.73. The van der Waals surface area contributed by atoms with Crippen LogP contribution < -0.4 is 4.74 Å². The van der Waals surface area contributed by atoms with Crippen molar-refractivity contribution in [1.29, 1.82) is 0 Å². The molecule has 0 radical (unpaired) electrons. The van der Waals surface area contributed by atoms with E-state index in [2.05, 4.69) is 9.97 Å². The molecular weight excluding hydrogens is 354 g/mol. The Morgan fingerprint density at radius 3 is 2.61 bits per heavy atom. The van der Waals surface area contributed by atoms with Crippen molar-refractivity contribution in [3.05, 3.63) is 65.4 Å². The van der Waals surface area contributed by atoms with E-state index in [0.29, 0.717) is 31.0 Å². The molecule has 1 amide bonds. The second-order valence-corrected chi connectivity index (χ2v) is 6.78. The standard InChI is InChI=1S/C22H25N3O3/c1-15-12-23-18(16(2)22(15)27-4)14-25(3)21(26)11-10-20-24-13-19(28-20)17-8-6-5-7-9-17/h5-9,12-13H,10-11,14H2,1-4H3. The summed E-state index contributed by atoms with van der Waals surface area (Å²) in [6, 6.07) is 9.79. The van der Waals surface area contributed by atoms with Gasteiger partial charge in [0.1, 0.15) is 5.75 Å². The Hall–Kier alpha value is -3.15. The van der Waals surface area contributed by atoms with Crippen LogP contribution in [0, 0.1) is 13.8 Å². The molecule has 3 rings (SSSR count). The number of rotatable bonds is 7. The molecule has 6 heteroatoms. The lowest BCUT2D eigenvalue weighted by molar-refractivity contribution is -0.130. The molecule has 1 aromatic carbocycles. The van der Waals surface area contributed by atoms with E-state index in [1.54, 1.807) is 31.5 Å². The largest absolute Gasteiger partial charge is 0.496 e. The van der Waals surface area contributed by atoms with Gasteiger partial charge in [-0.3, -0.25) is 9.78 Å². The number of carbonyl (C=O) groups is 1. The van der Waals surface area contributed by atoms with Crippen molar-refractivity contribution in [1.82, 2.24) is 14.9 Å². The average Bonchev–Trinajstić information content (AvgIpc) is 3.18. The number of methoxy groups -OCH3 is 1. The highest BCUT2D eigenvalue weighted by atomic mass is 16.5. The average molecular weight is 379 g/mol. The number of ether oxygens (including phenoxy) is 1. The van der Waals surface area contributed by atoms with Crippen LogP contribution in [0.4, 0.5) is 0 Å². The number of aromatic nitrogens is 2. The summed E-state index contributed by atoms with van der Waals surface area (Å²) in [7, 11) is 3.43. The van der Waals surface area contributed by atoms with Crippen LogP contribution in [-0.4, -0.2) is 34.9 Å². The lowest BCUT2D eigenvalue weighted by atomic mass is 10.1. The first-order valence-corrected chi connectivity index (χ1v) is 9.22. The van der Waals surface area contributed by atoms with Crippen molar-refractivity contribution >= 4 is 5.91 Å². The highest BCUT2D eigenvalue weighted by molar-refractivity contribution is 5.76. The number of hydrogen-bond donors (Lipinski definition) is 0. The third kappa shape index (κ3) is 4.39. The van der Waals surface area contributed by atoms with Crippen LogP contribution in [0.2, 0.25) is 0 Å². The lowest BCUT2D eigenvalue weighted by Crippen LogP contribution is -2.27. The van der Waals surface area contributed by atoms with E-state index < -0.39 is 0 Å². The van der Waals surface area contributed by atoms with Crippen LogP contribution in [0.3, 0.4) is 0 Å². The van der Waals surface area contributed by atoms with Gasteiger partial charge in [0.15, 0.2) is 11.7 Å². The number of oxazole rings is 1. The predicted octanol–water partition coefficient (Wildman–Crippen LogP) is 3.95. The maximum Gasteiger partial charge on any atom is 0.223 e. The van der Waals surface area contributed by atoms with Gasteiger partial charge in [0, 0.05) is 42.8 Å². The summed E-state index contributed by atoms with van der Waals surface area (Å²) in [5, 5.41) is 0. The SMILES string of the molecule is COc1c(C)cnc(CN(C)C(=O)CCc2ncc(-c3ccccc3)o2)c1C. The maximum absolute atomic E-state index is 12.5. The summed E-state index contributed by atoms with van der Waals surface area (Å²) in [5.74, 6) is 2.11. The number of aryl methyl sites for hydroxylation is 2. The minimum atomic E-state index is 0.0141. The first-order chi connectivity index (χ1) is 13.5. The number of benzene rings is 1. The fraction of sp³-hybridized carbons (Fsp3) is 0.318. The van der Waals surface area contributed by atoms with Crippen molar-refractivity contribution in [2.45, 2.75) is 33.2 Å². The van der Waals surface area contributed by atoms with Crippen LogP contribution in [0.1, 0.15) is 29.1 Å². The van der Waals surface area contributed by atoms with E-state index in [9.17, 15) is 4.79 Å². The van der Waals surface area contributed by atoms with Crippen LogP contribution in [-0.2, 0) is 17.8 Å². The van der Waals surface area contributed by atoms with Gasteiger partial charge in [-0.2, -0.15) is 0 Å². The van der Waals surface area contributed by atoms with E-state index in [4.69, 9.17) is 9.15 Å². The van der Waals surface area contributed by atoms with Crippen molar-refractivity contribution in [3.63, 3.8) is 0 Å². The number of amides is 1. The Bertz CT molecular complexity index is 951. The quantitative estimate of drug-likeness (QED) is 0.622. The lowest BCUT2D eigenvalue weighted by Gasteiger charge is -2.19. The Balaban J connectivity index is 1.59. The summed E-state index contributed by atoms with van der Waals surface area (Å²) >= 11 is 0. The monoisotopic (exact) mass is 379 g/mol. The van der Waals surface area contributed by atoms with Gasteiger partial charge in [-0.25, -0.2) is 4.98 Å².